The molecule has 0 atom stereocenters. The second-order valence-electron chi connectivity index (χ2n) is 3.82. The number of esters is 1. The summed E-state index contributed by atoms with van der Waals surface area (Å²) in [6.45, 7) is 2.20. The molecule has 1 aromatic carbocycles. The Labute approximate surface area is 105 Å². The molecule has 5 heteroatoms. The molecule has 0 aromatic heterocycles. The summed E-state index contributed by atoms with van der Waals surface area (Å²) < 4.78 is 17.3. The Morgan fingerprint density at radius 1 is 1.28 bits per heavy atom. The van der Waals surface area contributed by atoms with Crippen molar-refractivity contribution in [1.82, 2.24) is 4.90 Å². The van der Waals surface area contributed by atoms with E-state index in [9.17, 15) is 14.0 Å². The molecule has 0 bridgehead atoms. The van der Waals surface area contributed by atoms with Crippen molar-refractivity contribution < 1.29 is 18.7 Å². The minimum atomic E-state index is -0.848. The van der Waals surface area contributed by atoms with Gasteiger partial charge in [0.05, 0.1) is 6.61 Å². The second-order valence-corrected chi connectivity index (χ2v) is 3.82. The van der Waals surface area contributed by atoms with Crippen LogP contribution in [0.1, 0.15) is 12.5 Å². The van der Waals surface area contributed by atoms with E-state index in [0.29, 0.717) is 13.0 Å². The monoisotopic (exact) mass is 253 g/mol. The zero-order valence-electron chi connectivity index (χ0n) is 10.5. The van der Waals surface area contributed by atoms with Crippen LogP contribution in [0.3, 0.4) is 0 Å². The second kappa shape index (κ2) is 6.74. The van der Waals surface area contributed by atoms with Crippen LogP contribution in [0.5, 0.6) is 0 Å². The van der Waals surface area contributed by atoms with Gasteiger partial charge in [-0.05, 0) is 31.0 Å². The van der Waals surface area contributed by atoms with E-state index >= 15 is 0 Å². The van der Waals surface area contributed by atoms with Gasteiger partial charge in [-0.1, -0.05) is 12.1 Å². The van der Waals surface area contributed by atoms with Crippen LogP contribution in [0.4, 0.5) is 4.39 Å². The molecule has 0 unspecified atom stereocenters. The number of halogens is 1. The Hall–Kier alpha value is -1.91. The van der Waals surface area contributed by atoms with Gasteiger partial charge in [0, 0.05) is 13.6 Å². The molecule has 1 rings (SSSR count). The van der Waals surface area contributed by atoms with Gasteiger partial charge in [0.25, 0.3) is 0 Å². The Morgan fingerprint density at radius 3 is 2.44 bits per heavy atom. The van der Waals surface area contributed by atoms with Gasteiger partial charge in [-0.3, -0.25) is 4.79 Å². The maximum absolute atomic E-state index is 12.7. The van der Waals surface area contributed by atoms with Gasteiger partial charge in [0.1, 0.15) is 5.82 Å². The first-order chi connectivity index (χ1) is 8.54. The van der Waals surface area contributed by atoms with Gasteiger partial charge in [-0.25, -0.2) is 9.18 Å². The summed E-state index contributed by atoms with van der Waals surface area (Å²) in [5, 5.41) is 0. The minimum absolute atomic E-state index is 0.177. The van der Waals surface area contributed by atoms with E-state index in [1.165, 1.54) is 24.1 Å². The van der Waals surface area contributed by atoms with E-state index in [0.717, 1.165) is 5.56 Å². The molecule has 98 valence electrons. The van der Waals surface area contributed by atoms with Crippen LogP contribution in [0.25, 0.3) is 0 Å². The molecular formula is C13H16FNO3. The summed E-state index contributed by atoms with van der Waals surface area (Å²) in [6.07, 6.45) is 0.557. The molecule has 4 nitrogen and oxygen atoms in total. The van der Waals surface area contributed by atoms with E-state index < -0.39 is 11.9 Å². The lowest BCUT2D eigenvalue weighted by Gasteiger charge is -2.15. The Bertz CT molecular complexity index is 417. The first-order valence-electron chi connectivity index (χ1n) is 5.71. The molecule has 0 heterocycles. The highest BCUT2D eigenvalue weighted by molar-refractivity contribution is 6.32. The minimum Gasteiger partial charge on any atom is -0.459 e. The first kappa shape index (κ1) is 14.2. The topological polar surface area (TPSA) is 46.6 Å². The van der Waals surface area contributed by atoms with Crippen molar-refractivity contribution in [1.29, 1.82) is 0 Å². The fraction of sp³-hybridized carbons (Fsp3) is 0.385. The van der Waals surface area contributed by atoms with E-state index in [2.05, 4.69) is 4.74 Å². The van der Waals surface area contributed by atoms with Gasteiger partial charge >= 0.3 is 11.9 Å². The fourth-order valence-corrected chi connectivity index (χ4v) is 1.40. The number of benzene rings is 1. The number of hydrogen-bond acceptors (Lipinski definition) is 3. The van der Waals surface area contributed by atoms with Gasteiger partial charge in [0.15, 0.2) is 0 Å². The van der Waals surface area contributed by atoms with E-state index in [4.69, 9.17) is 0 Å². The Balaban J connectivity index is 2.45. The molecule has 0 aliphatic heterocycles. The molecular weight excluding hydrogens is 237 g/mol. The fourth-order valence-electron chi connectivity index (χ4n) is 1.40. The zero-order valence-corrected chi connectivity index (χ0v) is 10.5. The van der Waals surface area contributed by atoms with Crippen molar-refractivity contribution in [3.63, 3.8) is 0 Å². The summed E-state index contributed by atoms with van der Waals surface area (Å²) in [5.41, 5.74) is 0.903. The van der Waals surface area contributed by atoms with Crippen molar-refractivity contribution in [3.05, 3.63) is 35.6 Å². The lowest BCUT2D eigenvalue weighted by atomic mass is 10.1. The van der Waals surface area contributed by atoms with Gasteiger partial charge in [-0.15, -0.1) is 0 Å². The summed E-state index contributed by atoms with van der Waals surface area (Å²) >= 11 is 0. The molecule has 0 radical (unpaired) electrons. The lowest BCUT2D eigenvalue weighted by Crippen LogP contribution is -2.35. The third-order valence-electron chi connectivity index (χ3n) is 2.45. The van der Waals surface area contributed by atoms with Crippen LogP contribution >= 0.6 is 0 Å². The average Bonchev–Trinajstić information content (AvgIpc) is 2.37. The molecule has 1 amide bonds. The zero-order chi connectivity index (χ0) is 13.5. The van der Waals surface area contributed by atoms with E-state index in [-0.39, 0.29) is 12.4 Å². The number of amides is 1. The Kier molecular flexibility index (Phi) is 5.30. The van der Waals surface area contributed by atoms with Crippen LogP contribution in [-0.4, -0.2) is 37.0 Å². The summed E-state index contributed by atoms with van der Waals surface area (Å²) in [7, 11) is 1.53. The first-order valence-corrected chi connectivity index (χ1v) is 5.71. The van der Waals surface area contributed by atoms with Crippen molar-refractivity contribution >= 4 is 11.9 Å². The van der Waals surface area contributed by atoms with Crippen LogP contribution in [-0.2, 0) is 20.7 Å². The highest BCUT2D eigenvalue weighted by Crippen LogP contribution is 2.04. The molecule has 0 fully saturated rings. The molecule has 18 heavy (non-hydrogen) atoms. The standard InChI is InChI=1S/C13H16FNO3/c1-3-18-13(17)12(16)15(2)9-8-10-4-6-11(14)7-5-10/h4-7H,3,8-9H2,1-2H3. The number of nitrogens with zero attached hydrogens (tertiary/aromatic N) is 1. The van der Waals surface area contributed by atoms with Gasteiger partial charge in [0.2, 0.25) is 0 Å². The molecule has 0 saturated heterocycles. The molecule has 0 saturated carbocycles. The van der Waals surface area contributed by atoms with E-state index in [1.54, 1.807) is 19.1 Å². The lowest BCUT2D eigenvalue weighted by molar-refractivity contribution is -0.159. The quantitative estimate of drug-likeness (QED) is 0.601. The normalized spacial score (nSPS) is 9.94. The highest BCUT2D eigenvalue weighted by atomic mass is 19.1. The summed E-state index contributed by atoms with van der Waals surface area (Å²) in [4.78, 5) is 24.0. The van der Waals surface area contributed by atoms with Crippen molar-refractivity contribution in [2.24, 2.45) is 0 Å². The number of likely N-dealkylation sites (N-methyl/N-ethyl adjacent to an activating group) is 1. The predicted molar refractivity (Wildman–Crippen MR) is 64.4 cm³/mol. The summed E-state index contributed by atoms with van der Waals surface area (Å²) in [5.74, 6) is -1.81. The van der Waals surface area contributed by atoms with Crippen LogP contribution in [0.15, 0.2) is 24.3 Å². The number of carbonyl (C=O) groups excluding carboxylic acids is 2. The largest absolute Gasteiger partial charge is 0.459 e. The maximum Gasteiger partial charge on any atom is 0.396 e. The van der Waals surface area contributed by atoms with E-state index in [1.807, 2.05) is 0 Å². The molecule has 0 N–H and O–H groups in total. The van der Waals surface area contributed by atoms with Crippen LogP contribution < -0.4 is 0 Å². The van der Waals surface area contributed by atoms with Crippen molar-refractivity contribution in [2.75, 3.05) is 20.2 Å². The smallest absolute Gasteiger partial charge is 0.396 e. The van der Waals surface area contributed by atoms with Crippen LogP contribution in [0.2, 0.25) is 0 Å². The number of ether oxygens (including phenoxy) is 1. The van der Waals surface area contributed by atoms with Gasteiger partial charge < -0.3 is 9.64 Å². The van der Waals surface area contributed by atoms with Gasteiger partial charge in [-0.2, -0.15) is 0 Å². The number of carbonyl (C=O) groups is 2. The van der Waals surface area contributed by atoms with Crippen LogP contribution in [0, 0.1) is 5.82 Å². The molecule has 0 aliphatic rings. The molecule has 0 spiro atoms. The SMILES string of the molecule is CCOC(=O)C(=O)N(C)CCc1ccc(F)cc1. The molecule has 0 aliphatic carbocycles. The summed E-state index contributed by atoms with van der Waals surface area (Å²) in [6, 6.07) is 6.03. The predicted octanol–water partition coefficient (Wildman–Crippen LogP) is 1.39. The van der Waals surface area contributed by atoms with Crippen molar-refractivity contribution in [3.8, 4) is 0 Å². The van der Waals surface area contributed by atoms with Crippen molar-refractivity contribution in [2.45, 2.75) is 13.3 Å². The average molecular weight is 253 g/mol. The third kappa shape index (κ3) is 4.16. The molecule has 1 aromatic rings. The number of hydrogen-bond donors (Lipinski definition) is 0. The highest BCUT2D eigenvalue weighted by Gasteiger charge is 2.19. The Morgan fingerprint density at radius 2 is 1.89 bits per heavy atom. The number of rotatable bonds is 4. The maximum atomic E-state index is 12.7. The third-order valence-corrected chi connectivity index (χ3v) is 2.45.